The Hall–Kier alpha value is -2.60. The Morgan fingerprint density at radius 1 is 1.22 bits per heavy atom. The second-order valence-electron chi connectivity index (χ2n) is 6.39. The van der Waals surface area contributed by atoms with Crippen molar-refractivity contribution in [1.82, 2.24) is 14.9 Å². The Labute approximate surface area is 164 Å². The largest absolute Gasteiger partial charge is 0.370 e. The molecule has 1 aliphatic rings. The third-order valence-corrected chi connectivity index (χ3v) is 4.73. The summed E-state index contributed by atoms with van der Waals surface area (Å²) in [6.45, 7) is 7.51. The van der Waals surface area contributed by atoms with E-state index in [1.165, 1.54) is 0 Å². The summed E-state index contributed by atoms with van der Waals surface area (Å²) in [5, 5.41) is 3.87. The lowest BCUT2D eigenvalue weighted by atomic mass is 10.2. The van der Waals surface area contributed by atoms with Crippen molar-refractivity contribution in [3.8, 4) is 0 Å². The number of amides is 1. The minimum atomic E-state index is -0.00642. The van der Waals surface area contributed by atoms with Crippen LogP contribution in [-0.4, -0.2) is 53.5 Å². The van der Waals surface area contributed by atoms with Gasteiger partial charge in [0.25, 0.3) is 0 Å². The van der Waals surface area contributed by atoms with Crippen LogP contribution in [0, 0.1) is 6.92 Å². The van der Waals surface area contributed by atoms with Crippen LogP contribution in [0.25, 0.3) is 6.08 Å². The van der Waals surface area contributed by atoms with E-state index in [4.69, 9.17) is 11.6 Å². The van der Waals surface area contributed by atoms with Gasteiger partial charge in [-0.2, -0.15) is 4.98 Å². The molecule has 27 heavy (non-hydrogen) atoms. The monoisotopic (exact) mass is 385 g/mol. The molecule has 0 saturated carbocycles. The molecule has 0 atom stereocenters. The molecule has 6 nitrogen and oxygen atoms in total. The summed E-state index contributed by atoms with van der Waals surface area (Å²) in [4.78, 5) is 25.5. The molecule has 0 aliphatic carbocycles. The lowest BCUT2D eigenvalue weighted by Crippen LogP contribution is -2.48. The maximum atomic E-state index is 12.5. The van der Waals surface area contributed by atoms with Gasteiger partial charge in [-0.3, -0.25) is 4.79 Å². The molecular formula is C20H24ClN5O. The van der Waals surface area contributed by atoms with Crippen molar-refractivity contribution in [2.45, 2.75) is 13.8 Å². The Kier molecular flexibility index (Phi) is 6.29. The first kappa shape index (κ1) is 19.2. The number of nitrogens with zero attached hydrogens (tertiary/aromatic N) is 4. The minimum Gasteiger partial charge on any atom is -0.370 e. The average molecular weight is 386 g/mol. The highest BCUT2D eigenvalue weighted by atomic mass is 35.5. The number of carbonyl (C=O) groups excluding carboxylic acids is 1. The molecule has 2 aromatic rings. The second-order valence-corrected chi connectivity index (χ2v) is 6.80. The van der Waals surface area contributed by atoms with Crippen LogP contribution in [0.3, 0.4) is 0 Å². The predicted octanol–water partition coefficient (Wildman–Crippen LogP) is 3.23. The number of hydrogen-bond acceptors (Lipinski definition) is 5. The Morgan fingerprint density at radius 2 is 1.96 bits per heavy atom. The normalized spacial score (nSPS) is 14.6. The van der Waals surface area contributed by atoms with Gasteiger partial charge in [-0.25, -0.2) is 4.98 Å². The molecule has 1 saturated heterocycles. The van der Waals surface area contributed by atoms with Gasteiger partial charge < -0.3 is 15.1 Å². The zero-order valence-electron chi connectivity index (χ0n) is 15.7. The van der Waals surface area contributed by atoms with Crippen molar-refractivity contribution in [3.63, 3.8) is 0 Å². The highest BCUT2D eigenvalue weighted by molar-refractivity contribution is 6.32. The summed E-state index contributed by atoms with van der Waals surface area (Å²) in [5.74, 6) is 1.54. The highest BCUT2D eigenvalue weighted by Gasteiger charge is 2.21. The smallest absolute Gasteiger partial charge is 0.246 e. The molecule has 1 aromatic carbocycles. The van der Waals surface area contributed by atoms with E-state index in [2.05, 4.69) is 20.2 Å². The molecule has 0 unspecified atom stereocenters. The molecule has 1 fully saturated rings. The van der Waals surface area contributed by atoms with Crippen molar-refractivity contribution in [1.29, 1.82) is 0 Å². The van der Waals surface area contributed by atoms with Gasteiger partial charge in [0.05, 0.1) is 0 Å². The van der Waals surface area contributed by atoms with E-state index in [1.807, 2.05) is 49.1 Å². The average Bonchev–Trinajstić information content (AvgIpc) is 2.67. The first-order valence-corrected chi connectivity index (χ1v) is 9.50. The molecule has 142 valence electrons. The van der Waals surface area contributed by atoms with Gasteiger partial charge in [0, 0.05) is 55.6 Å². The number of anilines is 2. The maximum Gasteiger partial charge on any atom is 0.246 e. The van der Waals surface area contributed by atoms with Gasteiger partial charge >= 0.3 is 0 Å². The van der Waals surface area contributed by atoms with E-state index < -0.39 is 0 Å². The summed E-state index contributed by atoms with van der Waals surface area (Å²) in [5.41, 5.74) is 1.77. The molecule has 7 heteroatoms. The van der Waals surface area contributed by atoms with Crippen LogP contribution in [0.15, 0.2) is 36.4 Å². The number of halogens is 1. The highest BCUT2D eigenvalue weighted by Crippen LogP contribution is 2.18. The summed E-state index contributed by atoms with van der Waals surface area (Å²) >= 11 is 6.13. The van der Waals surface area contributed by atoms with E-state index in [0.29, 0.717) is 37.1 Å². The maximum absolute atomic E-state index is 12.5. The van der Waals surface area contributed by atoms with Crippen molar-refractivity contribution in [3.05, 3.63) is 52.7 Å². The number of benzene rings is 1. The van der Waals surface area contributed by atoms with Crippen LogP contribution in [0.4, 0.5) is 11.8 Å². The topological polar surface area (TPSA) is 61.4 Å². The van der Waals surface area contributed by atoms with Crippen molar-refractivity contribution >= 4 is 35.4 Å². The minimum absolute atomic E-state index is 0.00642. The molecule has 1 N–H and O–H groups in total. The SMILES string of the molecule is CCNc1cc(C)nc(N2CCN(C(=O)/C=C/c3ccccc3Cl)CC2)n1. The second kappa shape index (κ2) is 8.86. The van der Waals surface area contributed by atoms with Crippen LogP contribution in [0.2, 0.25) is 5.02 Å². The number of carbonyl (C=O) groups is 1. The number of piperazine rings is 1. The quantitative estimate of drug-likeness (QED) is 0.800. The first-order chi connectivity index (χ1) is 13.1. The van der Waals surface area contributed by atoms with E-state index in [9.17, 15) is 4.79 Å². The van der Waals surface area contributed by atoms with Crippen LogP contribution >= 0.6 is 11.6 Å². The predicted molar refractivity (Wildman–Crippen MR) is 110 cm³/mol. The fraction of sp³-hybridized carbons (Fsp3) is 0.350. The van der Waals surface area contributed by atoms with Crippen molar-refractivity contribution in [2.75, 3.05) is 42.9 Å². The number of nitrogens with one attached hydrogen (secondary N) is 1. The van der Waals surface area contributed by atoms with Crippen LogP contribution in [0.1, 0.15) is 18.2 Å². The Balaban J connectivity index is 1.60. The van der Waals surface area contributed by atoms with Crippen LogP contribution < -0.4 is 10.2 Å². The Bertz CT molecular complexity index is 831. The lowest BCUT2D eigenvalue weighted by Gasteiger charge is -2.34. The molecule has 2 heterocycles. The number of aryl methyl sites for hydroxylation is 1. The molecule has 1 aromatic heterocycles. The van der Waals surface area contributed by atoms with Gasteiger partial charge in [0.15, 0.2) is 0 Å². The molecule has 1 amide bonds. The zero-order valence-corrected chi connectivity index (χ0v) is 16.4. The standard InChI is InChI=1S/C20H24ClN5O/c1-3-22-18-14-15(2)23-20(24-18)26-12-10-25(11-13-26)19(27)9-8-16-6-4-5-7-17(16)21/h4-9,14H,3,10-13H2,1-2H3,(H,22,23,24)/b9-8+. The summed E-state index contributed by atoms with van der Waals surface area (Å²) < 4.78 is 0. The molecule has 3 rings (SSSR count). The molecule has 0 spiro atoms. The zero-order chi connectivity index (χ0) is 19.2. The fourth-order valence-corrected chi connectivity index (χ4v) is 3.17. The van der Waals surface area contributed by atoms with E-state index in [0.717, 1.165) is 23.6 Å². The Morgan fingerprint density at radius 3 is 2.67 bits per heavy atom. The van der Waals surface area contributed by atoms with E-state index >= 15 is 0 Å². The van der Waals surface area contributed by atoms with E-state index in [-0.39, 0.29) is 5.91 Å². The first-order valence-electron chi connectivity index (χ1n) is 9.13. The van der Waals surface area contributed by atoms with Gasteiger partial charge in [0.2, 0.25) is 11.9 Å². The molecule has 1 aliphatic heterocycles. The number of rotatable bonds is 5. The summed E-state index contributed by atoms with van der Waals surface area (Å²) in [6, 6.07) is 9.41. The molecule has 0 radical (unpaired) electrons. The van der Waals surface area contributed by atoms with E-state index in [1.54, 1.807) is 12.2 Å². The molecule has 0 bridgehead atoms. The van der Waals surface area contributed by atoms with Crippen LogP contribution in [0.5, 0.6) is 0 Å². The van der Waals surface area contributed by atoms with Gasteiger partial charge in [-0.15, -0.1) is 0 Å². The number of aromatic nitrogens is 2. The van der Waals surface area contributed by atoms with Gasteiger partial charge in [0.1, 0.15) is 5.82 Å². The number of hydrogen-bond donors (Lipinski definition) is 1. The van der Waals surface area contributed by atoms with Crippen molar-refractivity contribution in [2.24, 2.45) is 0 Å². The lowest BCUT2D eigenvalue weighted by molar-refractivity contribution is -0.126. The third kappa shape index (κ3) is 4.98. The summed E-state index contributed by atoms with van der Waals surface area (Å²) in [7, 11) is 0. The van der Waals surface area contributed by atoms with Crippen LogP contribution in [-0.2, 0) is 4.79 Å². The van der Waals surface area contributed by atoms with Gasteiger partial charge in [-0.1, -0.05) is 29.8 Å². The van der Waals surface area contributed by atoms with Gasteiger partial charge in [-0.05, 0) is 31.6 Å². The summed E-state index contributed by atoms with van der Waals surface area (Å²) in [6.07, 6.45) is 3.35. The third-order valence-electron chi connectivity index (χ3n) is 4.39. The fourth-order valence-electron chi connectivity index (χ4n) is 2.97. The van der Waals surface area contributed by atoms with Crippen molar-refractivity contribution < 1.29 is 4.79 Å². The molecular weight excluding hydrogens is 362 g/mol.